The summed E-state index contributed by atoms with van der Waals surface area (Å²) in [5.41, 5.74) is 0. The summed E-state index contributed by atoms with van der Waals surface area (Å²) in [4.78, 5) is 0. The SMILES string of the molecule is O=S(=O)([O-])[O-].O=S(=O)([O-])[O-].O=S(=O)([O-])[O-].O=S(=O)([O-])[O-].O=S(=O)([O-])[O-].O=[As]([O-])([O-])[O-].O=[As]([O-])([O-])[O-].O=[As]([O-])([O-])[O-].O=[As]([O-])([O-])[O-].O=[As]([O-])([O-])[O-].[Cu+2].[Cu+2].[Cu+2].[Cu+2].[Cu+2].[Cu+2].[Cu+2].[Cu+2].[Fe+3].[Fe+3].[Fe+3].[Fe+3].[Fe+3].[Fe+3].[Fe+3].[Fe+3].[O]=[Sb]([O-])([O-])[O-].[O]=[Sb]([O-])([O-])[O-].[O]=[Sb]([O-])([O-])[O-].[O]=[Sb]([O-])([O-])[O-].[O]=[Sb]([O-])([O-])[O-]. The van der Waals surface area contributed by atoms with E-state index in [1.165, 1.54) is 0 Å². The van der Waals surface area contributed by atoms with Gasteiger partial charge < -0.3 is 45.5 Å². The predicted molar refractivity (Wildman–Crippen MR) is 117 cm³/mol. The van der Waals surface area contributed by atoms with Crippen LogP contribution in [-0.4, -0.2) is 260 Å². The van der Waals surface area contributed by atoms with E-state index in [-0.39, 0.29) is 273 Å². The van der Waals surface area contributed by atoms with Crippen LogP contribution >= 0.6 is 0 Å². The molecule has 91 heavy (non-hydrogen) atoms. The monoisotopic (exact) mass is 3050 g/mol. The molecule has 0 aliphatic heterocycles. The predicted octanol–water partition coefficient (Wildman–Crippen LogP) is -47.4. The molecule has 0 aromatic carbocycles. The second kappa shape index (κ2) is 99.4. The van der Waals surface area contributed by atoms with Crippen LogP contribution in [0.15, 0.2) is 0 Å². The molecule has 16 radical (unpaired) electrons. The summed E-state index contributed by atoms with van der Waals surface area (Å²) in [5, 5.41) is 0. The maximum atomic E-state index is 8.64. The molecule has 0 unspecified atom stereocenters. The van der Waals surface area contributed by atoms with E-state index in [2.05, 4.69) is 0 Å². The first-order valence-electron chi connectivity index (χ1n) is 10.6. The van der Waals surface area contributed by atoms with Crippen LogP contribution in [0.1, 0.15) is 0 Å². The molecule has 0 saturated heterocycles. The molecule has 0 rings (SSSR count). The van der Waals surface area contributed by atoms with Crippen molar-refractivity contribution >= 4 is 225 Å². The standard InChI is InChI=1S/5AsH3O4.8Cu.8Fe.5H2O4S.20O.5Sb/c5*2-1(3,4)5;;;;;;;;;;;;;;;;;5*1-5(2,3)4;;;;;;;;;;;;;;;;;;;;;;;;;/h5*(H3,2,3,4,5);;;;;;;;;;;;;;;;;5*(H2,1,2,3,4);;;;;;;;;;;;;;;;;;;;;;;;;/q;;;;;8*+2;8*+3;;;;;;;;;;;15*-1;;;;;/p-25. The van der Waals surface area contributed by atoms with Crippen molar-refractivity contribution in [3.8, 4) is 0 Å². The third-order valence-electron chi connectivity index (χ3n) is 0. The molecule has 0 aromatic rings. The van der Waals surface area contributed by atoms with Crippen LogP contribution in [0, 0.1) is 0 Å². The van der Waals surface area contributed by atoms with Crippen LogP contribution in [-0.2, 0) is 359 Å². The van der Waals surface area contributed by atoms with Crippen molar-refractivity contribution in [1.29, 1.82) is 0 Å². The van der Waals surface area contributed by atoms with Gasteiger partial charge in [-0.15, -0.1) is 0 Å². The summed E-state index contributed by atoms with van der Waals surface area (Å²) >= 11 is -59.9. The molecule has 91 heteroatoms. The van der Waals surface area contributed by atoms with E-state index in [1.807, 2.05) is 0 Å². The first-order valence-corrected chi connectivity index (χ1v) is 53.5. The fourth-order valence-electron chi connectivity index (χ4n) is 0. The molecule has 0 N–H and O–H groups in total. The van der Waals surface area contributed by atoms with Crippen molar-refractivity contribution < 1.29 is 507 Å². The van der Waals surface area contributed by atoms with E-state index in [9.17, 15) is 0 Å². The Balaban J connectivity index is -0.0000000144. The zero-order valence-corrected chi connectivity index (χ0v) is 78.8. The number of hydrogen-bond donors (Lipinski definition) is 0. The fraction of sp³-hybridized carbons (Fsp3) is 0. The van der Waals surface area contributed by atoms with Crippen LogP contribution < -0.4 is 112 Å². The molecule has 0 atom stereocenters. The van der Waals surface area contributed by atoms with Crippen molar-refractivity contribution in [2.24, 2.45) is 0 Å². The van der Waals surface area contributed by atoms with Gasteiger partial charge in [-0.25, -0.2) is 0 Å². The average molecular weight is 3060 g/mol. The van der Waals surface area contributed by atoms with E-state index in [4.69, 9.17) is 234 Å². The summed E-state index contributed by atoms with van der Waals surface area (Å²) in [6, 6.07) is 0. The van der Waals surface area contributed by atoms with Crippen LogP contribution in [0.4, 0.5) is 0 Å². The van der Waals surface area contributed by atoms with Gasteiger partial charge in [0.2, 0.25) is 0 Å². The van der Waals surface area contributed by atoms with Crippen LogP contribution in [0.25, 0.3) is 0 Å². The van der Waals surface area contributed by atoms with Gasteiger partial charge in [0.05, 0.1) is 0 Å². The molecule has 0 heterocycles. The van der Waals surface area contributed by atoms with Gasteiger partial charge in [-0.1, -0.05) is 0 Å². The van der Waals surface area contributed by atoms with Crippen molar-refractivity contribution in [2.45, 2.75) is 0 Å². The first kappa shape index (κ1) is 207. The molecular formula is As5Cu8Fe8O60S5Sb5. The van der Waals surface area contributed by atoms with E-state index < -0.39 is 225 Å². The molecule has 0 amide bonds. The second-order valence-corrected chi connectivity index (χ2v) is 32.7. The van der Waals surface area contributed by atoms with Gasteiger partial charge in [-0.05, 0) is 0 Å². The zero-order valence-electron chi connectivity index (χ0n) is 36.2. The Labute approximate surface area is 717 Å². The van der Waals surface area contributed by atoms with Crippen molar-refractivity contribution in [3.63, 3.8) is 0 Å². The number of rotatable bonds is 0. The Kier molecular flexibility index (Phi) is 225. The van der Waals surface area contributed by atoms with Crippen molar-refractivity contribution in [1.82, 2.24) is 0 Å². The summed E-state index contributed by atoms with van der Waals surface area (Å²) < 4.78 is 515. The molecule has 0 aliphatic rings. The molecule has 0 aliphatic carbocycles. The molecule has 592 valence electrons. The molecule has 0 aromatic heterocycles. The molecule has 0 saturated carbocycles. The molecular weight excluding hydrogens is 3060 g/mol. The molecule has 0 bridgehead atoms. The normalized spacial score (nSPS) is 9.67. The van der Waals surface area contributed by atoms with Crippen molar-refractivity contribution in [2.75, 3.05) is 0 Å². The van der Waals surface area contributed by atoms with E-state index >= 15 is 0 Å². The Hall–Kier alpha value is 11.3. The molecule has 0 fully saturated rings. The second-order valence-electron chi connectivity index (χ2n) is 6.51. The Morgan fingerprint density at radius 3 is 0.176 bits per heavy atom. The maximum absolute atomic E-state index is 8.64. The molecule has 0 spiro atoms. The van der Waals surface area contributed by atoms with E-state index in [0.717, 1.165) is 0 Å². The summed E-state index contributed by atoms with van der Waals surface area (Å²) in [6.07, 6.45) is 0. The number of hydrogen-bond acceptors (Lipinski definition) is 60. The Morgan fingerprint density at radius 1 is 0.176 bits per heavy atom. The fourth-order valence-corrected chi connectivity index (χ4v) is 0. The average Bonchev–Trinajstić information content (AvgIpc) is 2.65. The van der Waals surface area contributed by atoms with Gasteiger partial charge >= 0.3 is 592 Å². The van der Waals surface area contributed by atoms with Crippen molar-refractivity contribution in [3.05, 3.63) is 0 Å². The Morgan fingerprint density at radius 2 is 0.176 bits per heavy atom. The third kappa shape index (κ3) is 7770. The Bertz CT molecular complexity index is 1880. The van der Waals surface area contributed by atoms with E-state index in [1.54, 1.807) is 0 Å². The zero-order chi connectivity index (χ0) is 67.5. The summed E-state index contributed by atoms with van der Waals surface area (Å²) in [7, 11) is -25.8. The van der Waals surface area contributed by atoms with Gasteiger partial charge in [-0.3, -0.25) is 42.1 Å². The van der Waals surface area contributed by atoms with E-state index in [0.29, 0.717) is 0 Å². The van der Waals surface area contributed by atoms with Gasteiger partial charge in [0.15, 0.2) is 0 Å². The van der Waals surface area contributed by atoms with Gasteiger partial charge in [0, 0.05) is 52.0 Å². The minimum absolute atomic E-state index is 0. The topological polar surface area (TPSA) is 1260 Å². The van der Waals surface area contributed by atoms with Crippen LogP contribution in [0.2, 0.25) is 0 Å². The summed E-state index contributed by atoms with van der Waals surface area (Å²) in [5.74, 6) is 0. The van der Waals surface area contributed by atoms with Crippen LogP contribution in [0.3, 0.4) is 0 Å². The minimum atomic E-state index is -6.10. The summed E-state index contributed by atoms with van der Waals surface area (Å²) in [6.45, 7) is 0. The first-order chi connectivity index (χ1) is 30.0. The van der Waals surface area contributed by atoms with Crippen LogP contribution in [0.5, 0.6) is 0 Å². The quantitative estimate of drug-likeness (QED) is 0.123. The van der Waals surface area contributed by atoms with Gasteiger partial charge in [0.1, 0.15) is 0 Å². The van der Waals surface area contributed by atoms with Gasteiger partial charge in [0.25, 0.3) is 0 Å². The third-order valence-corrected chi connectivity index (χ3v) is 0. The molecule has 60 nitrogen and oxygen atoms in total. The van der Waals surface area contributed by atoms with Gasteiger partial charge in [-0.2, -0.15) is 0 Å².